The molecule has 0 saturated carbocycles. The van der Waals surface area contributed by atoms with Gasteiger partial charge in [0.05, 0.1) is 30.9 Å². The Morgan fingerprint density at radius 3 is 2.53 bits per heavy atom. The van der Waals surface area contributed by atoms with Crippen LogP contribution in [-0.2, 0) is 16.6 Å². The van der Waals surface area contributed by atoms with Crippen molar-refractivity contribution in [1.82, 2.24) is 4.90 Å². The number of likely N-dealkylation sites (tertiary alicyclic amines) is 1. The molecule has 2 aliphatic carbocycles. The van der Waals surface area contributed by atoms with E-state index >= 15 is 0 Å². The van der Waals surface area contributed by atoms with E-state index in [-0.39, 0.29) is 11.2 Å². The Bertz CT molecular complexity index is 1200. The second-order valence-electron chi connectivity index (χ2n) is 10.3. The average Bonchev–Trinajstić information content (AvgIpc) is 3.17. The van der Waals surface area contributed by atoms with Crippen LogP contribution in [0.5, 0.6) is 0 Å². The summed E-state index contributed by atoms with van der Waals surface area (Å²) < 4.78 is 5.37. The van der Waals surface area contributed by atoms with Crippen LogP contribution in [0, 0.1) is 11.3 Å². The third-order valence-electron chi connectivity index (χ3n) is 8.25. The Kier molecular flexibility index (Phi) is 4.44. The zero-order chi connectivity index (χ0) is 22.0. The molecular weight excluding hydrogens is 396 g/mol. The summed E-state index contributed by atoms with van der Waals surface area (Å²) in [5, 5.41) is 9.30. The van der Waals surface area contributed by atoms with Gasteiger partial charge in [0, 0.05) is 16.6 Å². The van der Waals surface area contributed by atoms with Crippen LogP contribution in [0.2, 0.25) is 0 Å². The van der Waals surface area contributed by atoms with Gasteiger partial charge in [-0.15, -0.1) is 0 Å². The van der Waals surface area contributed by atoms with E-state index in [0.29, 0.717) is 17.5 Å². The van der Waals surface area contributed by atoms with E-state index in [2.05, 4.69) is 43.0 Å². The van der Waals surface area contributed by atoms with Crippen molar-refractivity contribution >= 4 is 11.4 Å². The molecule has 0 unspecified atom stereocenters. The summed E-state index contributed by atoms with van der Waals surface area (Å²) >= 11 is 0. The molecule has 0 bridgehead atoms. The summed E-state index contributed by atoms with van der Waals surface area (Å²) in [7, 11) is 0. The van der Waals surface area contributed by atoms with E-state index < -0.39 is 0 Å². The minimum Gasteiger partial charge on any atom is -0.378 e. The van der Waals surface area contributed by atoms with E-state index in [1.165, 1.54) is 11.1 Å². The average molecular weight is 425 g/mol. The number of allylic oxidation sites excluding steroid dienone is 2. The van der Waals surface area contributed by atoms with Crippen molar-refractivity contribution in [3.63, 3.8) is 0 Å². The molecule has 2 saturated heterocycles. The van der Waals surface area contributed by atoms with E-state index in [0.717, 1.165) is 73.4 Å². The van der Waals surface area contributed by atoms with Crippen LogP contribution in [0.4, 0.5) is 0 Å². The summed E-state index contributed by atoms with van der Waals surface area (Å²) in [5.41, 5.74) is 7.98. The summed E-state index contributed by atoms with van der Waals surface area (Å²) in [5.74, 6) is 0.668. The van der Waals surface area contributed by atoms with Crippen LogP contribution in [0.25, 0.3) is 5.57 Å². The quantitative estimate of drug-likeness (QED) is 0.706. The topological polar surface area (TPSA) is 53.3 Å². The van der Waals surface area contributed by atoms with Crippen molar-refractivity contribution < 1.29 is 9.53 Å². The molecule has 2 aliphatic heterocycles. The highest BCUT2D eigenvalue weighted by Gasteiger charge is 2.43. The van der Waals surface area contributed by atoms with Crippen LogP contribution in [-0.4, -0.2) is 43.0 Å². The zero-order valence-electron chi connectivity index (χ0n) is 18.8. The first-order chi connectivity index (χ1) is 15.5. The van der Waals surface area contributed by atoms with E-state index in [1.807, 2.05) is 18.2 Å². The number of piperidine rings is 1. The summed E-state index contributed by atoms with van der Waals surface area (Å²) in [6.45, 7) is 8.45. The molecule has 0 spiro atoms. The first-order valence-corrected chi connectivity index (χ1v) is 11.8. The van der Waals surface area contributed by atoms with E-state index in [9.17, 15) is 10.1 Å². The molecule has 0 aromatic heterocycles. The highest BCUT2D eigenvalue weighted by Crippen LogP contribution is 2.50. The lowest BCUT2D eigenvalue weighted by Crippen LogP contribution is -2.51. The van der Waals surface area contributed by atoms with Gasteiger partial charge in [0.2, 0.25) is 0 Å². The highest BCUT2D eigenvalue weighted by molar-refractivity contribution is 6.33. The smallest absolute Gasteiger partial charge is 0.193 e. The van der Waals surface area contributed by atoms with E-state index in [1.54, 1.807) is 0 Å². The molecule has 0 radical (unpaired) electrons. The summed E-state index contributed by atoms with van der Waals surface area (Å²) in [6, 6.07) is 15.3. The minimum absolute atomic E-state index is 0.156. The number of nitriles is 1. The molecule has 4 aliphatic rings. The molecule has 162 valence electrons. The van der Waals surface area contributed by atoms with Crippen molar-refractivity contribution in [2.45, 2.75) is 50.5 Å². The number of carbonyl (C=O) groups excluding carboxylic acids is 1. The maximum atomic E-state index is 13.8. The molecule has 4 nitrogen and oxygen atoms in total. The predicted octanol–water partition coefficient (Wildman–Crippen LogP) is 4.62. The number of ketones is 1. The number of Topliss-reactive ketones (excluding diaryl/α,β-unsaturated/α-hetero) is 1. The fraction of sp³-hybridized carbons (Fsp3) is 0.429. The molecule has 4 heteroatoms. The van der Waals surface area contributed by atoms with Gasteiger partial charge in [0.1, 0.15) is 0 Å². The maximum Gasteiger partial charge on any atom is 0.193 e. The van der Waals surface area contributed by atoms with Gasteiger partial charge >= 0.3 is 0 Å². The Hall–Kier alpha value is -2.74. The molecule has 2 fully saturated rings. The van der Waals surface area contributed by atoms with Gasteiger partial charge in [-0.25, -0.2) is 0 Å². The second-order valence-corrected chi connectivity index (χ2v) is 10.3. The third kappa shape index (κ3) is 2.85. The molecule has 0 amide bonds. The Labute approximate surface area is 189 Å². The number of hydrogen-bond acceptors (Lipinski definition) is 4. The first kappa shape index (κ1) is 19.9. The number of nitrogens with zero attached hydrogens (tertiary/aromatic N) is 2. The molecule has 0 atom stereocenters. The zero-order valence-corrected chi connectivity index (χ0v) is 18.8. The summed E-state index contributed by atoms with van der Waals surface area (Å²) in [6.07, 6.45) is 3.03. The maximum absolute atomic E-state index is 13.8. The fourth-order valence-corrected chi connectivity index (χ4v) is 6.17. The van der Waals surface area contributed by atoms with Gasteiger partial charge < -0.3 is 4.74 Å². The number of ether oxygens (including phenoxy) is 1. The molecule has 0 N–H and O–H groups in total. The predicted molar refractivity (Wildman–Crippen MR) is 124 cm³/mol. The van der Waals surface area contributed by atoms with Gasteiger partial charge in [-0.1, -0.05) is 32.0 Å². The number of hydrogen-bond donors (Lipinski definition) is 0. The van der Waals surface area contributed by atoms with Crippen molar-refractivity contribution in [1.29, 1.82) is 5.26 Å². The molecule has 2 aromatic carbocycles. The van der Waals surface area contributed by atoms with Crippen LogP contribution >= 0.6 is 0 Å². The van der Waals surface area contributed by atoms with Gasteiger partial charge in [-0.05, 0) is 84.3 Å². The second kappa shape index (κ2) is 7.13. The minimum atomic E-state index is -0.198. The van der Waals surface area contributed by atoms with Crippen molar-refractivity contribution in [2.75, 3.05) is 26.3 Å². The molecule has 6 rings (SSSR count). The molecule has 2 aromatic rings. The fourth-order valence-electron chi connectivity index (χ4n) is 6.17. The van der Waals surface area contributed by atoms with Crippen molar-refractivity contribution in [3.05, 3.63) is 75.4 Å². The lowest BCUT2D eigenvalue weighted by atomic mass is 9.67. The van der Waals surface area contributed by atoms with Crippen LogP contribution in [0.15, 0.2) is 42.0 Å². The SMILES string of the molecule is CC1(C)C2=C(C(=O)c3cc(C4CCN(C5COC5)CC4)ccc31)c1ccc(C#N)cc1C2. The Balaban J connectivity index is 1.33. The first-order valence-electron chi connectivity index (χ1n) is 11.8. The number of benzene rings is 2. The van der Waals surface area contributed by atoms with Gasteiger partial charge in [-0.3, -0.25) is 9.69 Å². The third-order valence-corrected chi connectivity index (χ3v) is 8.25. The molecular formula is C28H28N2O2. The molecule has 2 heterocycles. The van der Waals surface area contributed by atoms with E-state index in [4.69, 9.17) is 4.74 Å². The van der Waals surface area contributed by atoms with Crippen LogP contribution < -0.4 is 0 Å². The monoisotopic (exact) mass is 424 g/mol. The Morgan fingerprint density at radius 1 is 1.06 bits per heavy atom. The lowest BCUT2D eigenvalue weighted by molar-refractivity contribution is -0.0712. The standard InChI is InChI=1S/C28H28N2O2/c1-28(2)24-6-4-19(18-7-9-30(10-8-18)21-15-32-16-21)12-23(24)27(31)26-22-5-3-17(14-29)11-20(22)13-25(26)28/h3-6,11-12,18,21H,7-10,13,15-16H2,1-2H3. The highest BCUT2D eigenvalue weighted by atomic mass is 16.5. The van der Waals surface area contributed by atoms with Crippen LogP contribution in [0.3, 0.4) is 0 Å². The van der Waals surface area contributed by atoms with Gasteiger partial charge in [-0.2, -0.15) is 5.26 Å². The van der Waals surface area contributed by atoms with Gasteiger partial charge in [0.25, 0.3) is 0 Å². The number of carbonyl (C=O) groups is 1. The van der Waals surface area contributed by atoms with Gasteiger partial charge in [0.15, 0.2) is 5.78 Å². The van der Waals surface area contributed by atoms with Crippen molar-refractivity contribution in [2.24, 2.45) is 0 Å². The van der Waals surface area contributed by atoms with Crippen LogP contribution in [0.1, 0.15) is 70.8 Å². The number of rotatable bonds is 2. The number of fused-ring (bicyclic) bond motifs is 3. The Morgan fingerprint density at radius 2 is 1.84 bits per heavy atom. The summed E-state index contributed by atoms with van der Waals surface area (Å²) in [4.78, 5) is 16.3. The van der Waals surface area contributed by atoms with Crippen molar-refractivity contribution in [3.8, 4) is 6.07 Å². The molecule has 32 heavy (non-hydrogen) atoms. The normalized spacial score (nSPS) is 22.7. The largest absolute Gasteiger partial charge is 0.378 e. The lowest BCUT2D eigenvalue weighted by Gasteiger charge is -2.41.